The summed E-state index contributed by atoms with van der Waals surface area (Å²) in [6.07, 6.45) is 3.83. The molecule has 0 bridgehead atoms. The summed E-state index contributed by atoms with van der Waals surface area (Å²) >= 11 is 0. The lowest BCUT2D eigenvalue weighted by atomic mass is 10.1. The fourth-order valence-corrected chi connectivity index (χ4v) is 1.03. The summed E-state index contributed by atoms with van der Waals surface area (Å²) in [6, 6.07) is 0. The molecule has 0 aromatic rings. The highest BCUT2D eigenvalue weighted by molar-refractivity contribution is 4.58. The monoisotopic (exact) mass is 172 g/mol. The number of ether oxygens (including phenoxy) is 1. The zero-order chi connectivity index (χ0) is 9.61. The van der Waals surface area contributed by atoms with Crippen LogP contribution in [-0.4, -0.2) is 12.2 Å². The predicted molar refractivity (Wildman–Crippen MR) is 54.4 cm³/mol. The van der Waals surface area contributed by atoms with Crippen molar-refractivity contribution in [3.8, 4) is 0 Å². The Kier molecular flexibility index (Phi) is 5.56. The van der Waals surface area contributed by atoms with E-state index in [4.69, 9.17) is 4.74 Å². The Balaban J connectivity index is 3.12. The van der Waals surface area contributed by atoms with Gasteiger partial charge in [0.1, 0.15) is 0 Å². The predicted octanol–water partition coefficient (Wildman–Crippen LogP) is 3.63. The molecule has 1 nitrogen and oxygen atoms in total. The van der Waals surface area contributed by atoms with Crippen LogP contribution in [0.5, 0.6) is 0 Å². The first kappa shape index (κ1) is 12.0. The van der Waals surface area contributed by atoms with Gasteiger partial charge in [0.15, 0.2) is 0 Å². The zero-order valence-electron chi connectivity index (χ0n) is 9.31. The van der Waals surface area contributed by atoms with E-state index in [-0.39, 0.29) is 5.60 Å². The number of hydrogen-bond donors (Lipinski definition) is 0. The van der Waals surface area contributed by atoms with Crippen LogP contribution in [0, 0.1) is 5.92 Å². The van der Waals surface area contributed by atoms with E-state index >= 15 is 0 Å². The van der Waals surface area contributed by atoms with Gasteiger partial charge in [-0.05, 0) is 33.1 Å². The topological polar surface area (TPSA) is 9.23 Å². The minimum absolute atomic E-state index is 0.0395. The first-order valence-electron chi connectivity index (χ1n) is 5.06. The quantitative estimate of drug-likeness (QED) is 0.575. The van der Waals surface area contributed by atoms with Gasteiger partial charge in [-0.15, -0.1) is 0 Å². The van der Waals surface area contributed by atoms with Crippen molar-refractivity contribution in [2.75, 3.05) is 6.61 Å². The van der Waals surface area contributed by atoms with Gasteiger partial charge in [0.25, 0.3) is 0 Å². The third kappa shape index (κ3) is 9.96. The van der Waals surface area contributed by atoms with Gasteiger partial charge in [-0.3, -0.25) is 0 Å². The van der Waals surface area contributed by atoms with Crippen LogP contribution in [0.15, 0.2) is 0 Å². The molecule has 1 heteroatoms. The van der Waals surface area contributed by atoms with Gasteiger partial charge in [0, 0.05) is 6.61 Å². The van der Waals surface area contributed by atoms with Crippen molar-refractivity contribution in [2.24, 2.45) is 5.92 Å². The smallest absolute Gasteiger partial charge is 0.0598 e. The Morgan fingerprint density at radius 3 is 2.08 bits per heavy atom. The van der Waals surface area contributed by atoms with E-state index in [1.807, 2.05) is 0 Å². The maximum Gasteiger partial charge on any atom is 0.0598 e. The zero-order valence-corrected chi connectivity index (χ0v) is 9.31. The van der Waals surface area contributed by atoms with Gasteiger partial charge in [-0.25, -0.2) is 0 Å². The average molecular weight is 172 g/mol. The van der Waals surface area contributed by atoms with Crippen molar-refractivity contribution in [1.82, 2.24) is 0 Å². The third-order valence-corrected chi connectivity index (χ3v) is 1.71. The average Bonchev–Trinajstić information content (AvgIpc) is 1.83. The molecule has 0 aliphatic carbocycles. The van der Waals surface area contributed by atoms with E-state index in [1.165, 1.54) is 19.3 Å². The van der Waals surface area contributed by atoms with Crippen molar-refractivity contribution in [1.29, 1.82) is 0 Å². The van der Waals surface area contributed by atoms with E-state index in [1.54, 1.807) is 0 Å². The Bertz CT molecular complexity index is 100. The standard InChI is InChI=1S/C11H24O/c1-10(2)8-6-7-9-12-11(3,4)5/h10H,6-9H2,1-5H3. The molecule has 0 amide bonds. The molecule has 0 saturated heterocycles. The fraction of sp³-hybridized carbons (Fsp3) is 1.00. The molecule has 0 aromatic carbocycles. The molecule has 0 saturated carbocycles. The van der Waals surface area contributed by atoms with E-state index < -0.39 is 0 Å². The highest BCUT2D eigenvalue weighted by Gasteiger charge is 2.08. The van der Waals surface area contributed by atoms with Crippen molar-refractivity contribution < 1.29 is 4.74 Å². The molecule has 0 atom stereocenters. The summed E-state index contributed by atoms with van der Waals surface area (Å²) in [4.78, 5) is 0. The summed E-state index contributed by atoms with van der Waals surface area (Å²) in [5.41, 5.74) is 0.0395. The van der Waals surface area contributed by atoms with Crippen LogP contribution in [0.25, 0.3) is 0 Å². The van der Waals surface area contributed by atoms with Gasteiger partial charge in [-0.1, -0.05) is 26.7 Å². The molecule has 0 heterocycles. The summed E-state index contributed by atoms with van der Waals surface area (Å²) in [5.74, 6) is 0.833. The summed E-state index contributed by atoms with van der Waals surface area (Å²) in [6.45, 7) is 11.8. The molecule has 0 N–H and O–H groups in total. The van der Waals surface area contributed by atoms with Crippen LogP contribution in [0.2, 0.25) is 0 Å². The Hall–Kier alpha value is -0.0400. The maximum atomic E-state index is 5.61. The molecule has 0 radical (unpaired) electrons. The van der Waals surface area contributed by atoms with Crippen LogP contribution in [0.1, 0.15) is 53.9 Å². The van der Waals surface area contributed by atoms with Crippen LogP contribution in [-0.2, 0) is 4.74 Å². The second-order valence-corrected chi connectivity index (χ2v) is 4.85. The first-order valence-corrected chi connectivity index (χ1v) is 5.06. The molecule has 0 unspecified atom stereocenters. The SMILES string of the molecule is CC(C)CCCCOC(C)(C)C. The third-order valence-electron chi connectivity index (χ3n) is 1.71. The lowest BCUT2D eigenvalue weighted by molar-refractivity contribution is -0.00492. The number of hydrogen-bond acceptors (Lipinski definition) is 1. The molecule has 0 rings (SSSR count). The van der Waals surface area contributed by atoms with Crippen LogP contribution >= 0.6 is 0 Å². The van der Waals surface area contributed by atoms with Gasteiger partial charge >= 0.3 is 0 Å². The molecule has 0 fully saturated rings. The molecule has 0 aliphatic heterocycles. The maximum absolute atomic E-state index is 5.61. The largest absolute Gasteiger partial charge is 0.376 e. The molecule has 0 spiro atoms. The van der Waals surface area contributed by atoms with Gasteiger partial charge in [0.2, 0.25) is 0 Å². The molecular weight excluding hydrogens is 148 g/mol. The fourth-order valence-electron chi connectivity index (χ4n) is 1.03. The minimum atomic E-state index is 0.0395. The second kappa shape index (κ2) is 5.58. The number of unbranched alkanes of at least 4 members (excludes halogenated alkanes) is 1. The second-order valence-electron chi connectivity index (χ2n) is 4.85. The van der Waals surface area contributed by atoms with Crippen LogP contribution in [0.4, 0.5) is 0 Å². The van der Waals surface area contributed by atoms with E-state index in [0.717, 1.165) is 12.5 Å². The number of rotatable bonds is 5. The van der Waals surface area contributed by atoms with Gasteiger partial charge < -0.3 is 4.74 Å². The highest BCUT2D eigenvalue weighted by Crippen LogP contribution is 2.10. The normalized spacial score (nSPS) is 12.5. The summed E-state index contributed by atoms with van der Waals surface area (Å²) in [5, 5.41) is 0. The molecule has 12 heavy (non-hydrogen) atoms. The van der Waals surface area contributed by atoms with E-state index in [2.05, 4.69) is 34.6 Å². The first-order chi connectivity index (χ1) is 5.42. The van der Waals surface area contributed by atoms with E-state index in [0.29, 0.717) is 0 Å². The minimum Gasteiger partial charge on any atom is -0.376 e. The van der Waals surface area contributed by atoms with Crippen molar-refractivity contribution >= 4 is 0 Å². The molecule has 0 aliphatic rings. The highest BCUT2D eigenvalue weighted by atomic mass is 16.5. The lowest BCUT2D eigenvalue weighted by Crippen LogP contribution is -2.19. The van der Waals surface area contributed by atoms with Gasteiger partial charge in [-0.2, -0.15) is 0 Å². The van der Waals surface area contributed by atoms with Crippen molar-refractivity contribution in [2.45, 2.75) is 59.5 Å². The van der Waals surface area contributed by atoms with Crippen molar-refractivity contribution in [3.63, 3.8) is 0 Å². The van der Waals surface area contributed by atoms with E-state index in [9.17, 15) is 0 Å². The summed E-state index contributed by atoms with van der Waals surface area (Å²) in [7, 11) is 0. The molecular formula is C11H24O. The van der Waals surface area contributed by atoms with Crippen LogP contribution in [0.3, 0.4) is 0 Å². The Morgan fingerprint density at radius 2 is 1.67 bits per heavy atom. The molecule has 74 valence electrons. The lowest BCUT2D eigenvalue weighted by Gasteiger charge is -2.19. The molecule has 0 aromatic heterocycles. The Morgan fingerprint density at radius 1 is 1.08 bits per heavy atom. The van der Waals surface area contributed by atoms with Crippen molar-refractivity contribution in [3.05, 3.63) is 0 Å². The Labute approximate surface area is 77.5 Å². The van der Waals surface area contributed by atoms with Crippen LogP contribution < -0.4 is 0 Å². The summed E-state index contributed by atoms with van der Waals surface area (Å²) < 4.78 is 5.61. The van der Waals surface area contributed by atoms with Gasteiger partial charge in [0.05, 0.1) is 5.60 Å².